The number of nitrogens with one attached hydrogen (secondary N) is 2. The standard InChI is InChI=1S/C12H22N2O2/c1-2-9(7-15)14-12(16)11-10-5-3-4-8(10)6-13-11/h8-11,13,15H,2-7H2,1H3,(H,14,16). The average molecular weight is 226 g/mol. The quantitative estimate of drug-likeness (QED) is 0.644. The predicted octanol–water partition coefficient (Wildman–Crippen LogP) is 0.262. The van der Waals surface area contributed by atoms with Crippen molar-refractivity contribution >= 4 is 5.91 Å². The van der Waals surface area contributed by atoms with E-state index < -0.39 is 0 Å². The van der Waals surface area contributed by atoms with Crippen molar-refractivity contribution in [3.8, 4) is 0 Å². The van der Waals surface area contributed by atoms with Gasteiger partial charge < -0.3 is 15.7 Å². The molecule has 0 aromatic rings. The van der Waals surface area contributed by atoms with Gasteiger partial charge >= 0.3 is 0 Å². The lowest BCUT2D eigenvalue weighted by Gasteiger charge is -2.21. The fraction of sp³-hybridized carbons (Fsp3) is 0.917. The van der Waals surface area contributed by atoms with Crippen molar-refractivity contribution in [2.45, 2.75) is 44.7 Å². The Balaban J connectivity index is 1.89. The molecule has 4 heteroatoms. The van der Waals surface area contributed by atoms with Crippen LogP contribution in [-0.4, -0.2) is 36.2 Å². The summed E-state index contributed by atoms with van der Waals surface area (Å²) >= 11 is 0. The van der Waals surface area contributed by atoms with Gasteiger partial charge in [0.1, 0.15) is 0 Å². The van der Waals surface area contributed by atoms with Crippen LogP contribution in [0, 0.1) is 11.8 Å². The summed E-state index contributed by atoms with van der Waals surface area (Å²) in [6, 6.07) is -0.108. The molecule has 4 atom stereocenters. The summed E-state index contributed by atoms with van der Waals surface area (Å²) in [5, 5.41) is 15.3. The molecule has 1 saturated heterocycles. The molecule has 0 aromatic heterocycles. The molecular weight excluding hydrogens is 204 g/mol. The molecule has 3 N–H and O–H groups in total. The number of carbonyl (C=O) groups excluding carboxylic acids is 1. The van der Waals surface area contributed by atoms with Crippen LogP contribution in [0.3, 0.4) is 0 Å². The largest absolute Gasteiger partial charge is 0.394 e. The van der Waals surface area contributed by atoms with Crippen LogP contribution in [0.2, 0.25) is 0 Å². The Bertz CT molecular complexity index is 253. The summed E-state index contributed by atoms with van der Waals surface area (Å²) in [6.07, 6.45) is 4.48. The molecular formula is C12H22N2O2. The Morgan fingerprint density at radius 3 is 3.06 bits per heavy atom. The Hall–Kier alpha value is -0.610. The SMILES string of the molecule is CCC(CO)NC(=O)C1NCC2CCCC21. The second-order valence-electron chi connectivity index (χ2n) is 5.04. The maximum atomic E-state index is 12.0. The number of aliphatic hydroxyl groups excluding tert-OH is 1. The van der Waals surface area contributed by atoms with Crippen molar-refractivity contribution in [3.63, 3.8) is 0 Å². The molecule has 0 spiro atoms. The van der Waals surface area contributed by atoms with E-state index in [4.69, 9.17) is 5.11 Å². The fourth-order valence-corrected chi connectivity index (χ4v) is 3.04. The second-order valence-corrected chi connectivity index (χ2v) is 5.04. The van der Waals surface area contributed by atoms with Crippen LogP contribution in [0.15, 0.2) is 0 Å². The molecule has 2 aliphatic rings. The second kappa shape index (κ2) is 5.15. The first-order valence-electron chi connectivity index (χ1n) is 6.40. The molecule has 16 heavy (non-hydrogen) atoms. The van der Waals surface area contributed by atoms with Gasteiger partial charge in [0.2, 0.25) is 5.91 Å². The van der Waals surface area contributed by atoms with Gasteiger partial charge in [-0.1, -0.05) is 13.3 Å². The first-order valence-corrected chi connectivity index (χ1v) is 6.40. The zero-order valence-electron chi connectivity index (χ0n) is 9.91. The summed E-state index contributed by atoms with van der Waals surface area (Å²) < 4.78 is 0. The Kier molecular flexibility index (Phi) is 3.82. The van der Waals surface area contributed by atoms with Crippen molar-refractivity contribution in [2.24, 2.45) is 11.8 Å². The molecule has 1 heterocycles. The van der Waals surface area contributed by atoms with E-state index in [2.05, 4.69) is 10.6 Å². The Morgan fingerprint density at radius 2 is 2.38 bits per heavy atom. The highest BCUT2D eigenvalue weighted by Gasteiger charge is 2.42. The number of fused-ring (bicyclic) bond motifs is 1. The molecule has 1 aliphatic carbocycles. The van der Waals surface area contributed by atoms with Gasteiger partial charge in [-0.3, -0.25) is 4.79 Å². The zero-order chi connectivity index (χ0) is 11.5. The van der Waals surface area contributed by atoms with Gasteiger partial charge in [0.15, 0.2) is 0 Å². The predicted molar refractivity (Wildman–Crippen MR) is 61.9 cm³/mol. The first-order chi connectivity index (χ1) is 7.76. The first kappa shape index (κ1) is 11.9. The summed E-state index contributed by atoms with van der Waals surface area (Å²) in [6.45, 7) is 2.99. The molecule has 2 rings (SSSR count). The third kappa shape index (κ3) is 2.23. The van der Waals surface area contributed by atoms with Crippen LogP contribution in [0.25, 0.3) is 0 Å². The average Bonchev–Trinajstić information content (AvgIpc) is 2.86. The van der Waals surface area contributed by atoms with E-state index in [0.29, 0.717) is 11.8 Å². The maximum absolute atomic E-state index is 12.0. The van der Waals surface area contributed by atoms with Gasteiger partial charge in [0.05, 0.1) is 18.7 Å². The molecule has 1 saturated carbocycles. The highest BCUT2D eigenvalue weighted by Crippen LogP contribution is 2.37. The lowest BCUT2D eigenvalue weighted by Crippen LogP contribution is -2.48. The van der Waals surface area contributed by atoms with Crippen LogP contribution in [0.4, 0.5) is 0 Å². The monoisotopic (exact) mass is 226 g/mol. The van der Waals surface area contributed by atoms with E-state index in [9.17, 15) is 4.79 Å². The highest BCUT2D eigenvalue weighted by atomic mass is 16.3. The molecule has 0 bridgehead atoms. The van der Waals surface area contributed by atoms with Gasteiger partial charge in [-0.15, -0.1) is 0 Å². The van der Waals surface area contributed by atoms with Gasteiger partial charge in [-0.2, -0.15) is 0 Å². The summed E-state index contributed by atoms with van der Waals surface area (Å²) in [7, 11) is 0. The third-order valence-electron chi connectivity index (χ3n) is 4.09. The van der Waals surface area contributed by atoms with Crippen LogP contribution in [-0.2, 0) is 4.79 Å². The van der Waals surface area contributed by atoms with Crippen LogP contribution in [0.5, 0.6) is 0 Å². The Labute approximate surface area is 96.8 Å². The summed E-state index contributed by atoms with van der Waals surface area (Å²) in [4.78, 5) is 12.0. The fourth-order valence-electron chi connectivity index (χ4n) is 3.04. The number of amides is 1. The number of hydrogen-bond acceptors (Lipinski definition) is 3. The van der Waals surface area contributed by atoms with E-state index >= 15 is 0 Å². The molecule has 0 radical (unpaired) electrons. The van der Waals surface area contributed by atoms with E-state index in [0.717, 1.165) is 13.0 Å². The van der Waals surface area contributed by atoms with E-state index in [1.807, 2.05) is 6.92 Å². The van der Waals surface area contributed by atoms with E-state index in [-0.39, 0.29) is 24.6 Å². The van der Waals surface area contributed by atoms with Gasteiger partial charge in [0, 0.05) is 0 Å². The summed E-state index contributed by atoms with van der Waals surface area (Å²) in [5.74, 6) is 1.30. The van der Waals surface area contributed by atoms with E-state index in [1.165, 1.54) is 19.3 Å². The topological polar surface area (TPSA) is 61.4 Å². The molecule has 1 aliphatic heterocycles. The lowest BCUT2D eigenvalue weighted by molar-refractivity contribution is -0.124. The highest BCUT2D eigenvalue weighted by molar-refractivity contribution is 5.82. The normalized spacial score (nSPS) is 34.8. The molecule has 92 valence electrons. The van der Waals surface area contributed by atoms with Crippen LogP contribution >= 0.6 is 0 Å². The molecule has 1 amide bonds. The number of carbonyl (C=O) groups is 1. The zero-order valence-corrected chi connectivity index (χ0v) is 9.91. The van der Waals surface area contributed by atoms with Gasteiger partial charge in [-0.05, 0) is 37.6 Å². The minimum atomic E-state index is -0.0882. The van der Waals surface area contributed by atoms with Crippen molar-refractivity contribution in [1.29, 1.82) is 0 Å². The van der Waals surface area contributed by atoms with Gasteiger partial charge in [0.25, 0.3) is 0 Å². The molecule has 0 aromatic carbocycles. The molecule has 4 unspecified atom stereocenters. The Morgan fingerprint density at radius 1 is 1.56 bits per heavy atom. The van der Waals surface area contributed by atoms with Crippen molar-refractivity contribution in [1.82, 2.24) is 10.6 Å². The molecule has 2 fully saturated rings. The minimum Gasteiger partial charge on any atom is -0.394 e. The van der Waals surface area contributed by atoms with Crippen LogP contribution in [0.1, 0.15) is 32.6 Å². The number of rotatable bonds is 4. The van der Waals surface area contributed by atoms with E-state index in [1.54, 1.807) is 0 Å². The van der Waals surface area contributed by atoms with Crippen molar-refractivity contribution < 1.29 is 9.90 Å². The van der Waals surface area contributed by atoms with Gasteiger partial charge in [-0.25, -0.2) is 0 Å². The minimum absolute atomic E-state index is 0.0203. The number of hydrogen-bond donors (Lipinski definition) is 3. The van der Waals surface area contributed by atoms with Crippen LogP contribution < -0.4 is 10.6 Å². The molecule has 4 nitrogen and oxygen atoms in total. The smallest absolute Gasteiger partial charge is 0.237 e. The lowest BCUT2D eigenvalue weighted by atomic mass is 9.93. The van der Waals surface area contributed by atoms with Crippen molar-refractivity contribution in [3.05, 3.63) is 0 Å². The summed E-state index contributed by atoms with van der Waals surface area (Å²) in [5.41, 5.74) is 0. The third-order valence-corrected chi connectivity index (χ3v) is 4.09. The maximum Gasteiger partial charge on any atom is 0.237 e. The van der Waals surface area contributed by atoms with Crippen molar-refractivity contribution in [2.75, 3.05) is 13.2 Å². The number of aliphatic hydroxyl groups is 1.